The zero-order valence-electron chi connectivity index (χ0n) is 18.3. The van der Waals surface area contributed by atoms with Gasteiger partial charge in [0.05, 0.1) is 0 Å². The highest BCUT2D eigenvalue weighted by Gasteiger charge is 2.23. The number of nitrogens with one attached hydrogen (secondary N) is 2. The van der Waals surface area contributed by atoms with E-state index in [1.54, 1.807) is 0 Å². The fraction of sp³-hybridized carbons (Fsp3) is 0.462. The maximum Gasteiger partial charge on any atom is 0.251 e. The van der Waals surface area contributed by atoms with Crippen molar-refractivity contribution in [2.75, 3.05) is 0 Å². The molecule has 0 radical (unpaired) electrons. The van der Waals surface area contributed by atoms with E-state index in [1.807, 2.05) is 12.1 Å². The van der Waals surface area contributed by atoms with Crippen LogP contribution in [0.25, 0.3) is 5.57 Å². The van der Waals surface area contributed by atoms with Crippen LogP contribution < -0.4 is 10.9 Å². The highest BCUT2D eigenvalue weighted by atomic mass is 16.2. The Hall–Kier alpha value is -2.62. The van der Waals surface area contributed by atoms with Crippen molar-refractivity contribution >= 4 is 11.5 Å². The SMILES string of the molecule is CC(C)(C)c1ccc(/C(=C\[C@H]2CCC(=O)N2)c2ccc(C3CCCC3)c(=O)[nH]2)cc1. The number of pyridine rings is 1. The van der Waals surface area contributed by atoms with Crippen LogP contribution in [0.1, 0.15) is 87.6 Å². The van der Waals surface area contributed by atoms with Gasteiger partial charge in [-0.2, -0.15) is 0 Å². The van der Waals surface area contributed by atoms with Crippen molar-refractivity contribution in [2.24, 2.45) is 0 Å². The molecule has 30 heavy (non-hydrogen) atoms. The normalized spacial score (nSPS) is 20.6. The van der Waals surface area contributed by atoms with Gasteiger partial charge in [-0.15, -0.1) is 0 Å². The molecule has 1 saturated carbocycles. The average Bonchev–Trinajstić information content (AvgIpc) is 3.37. The van der Waals surface area contributed by atoms with Gasteiger partial charge in [0, 0.05) is 29.3 Å². The summed E-state index contributed by atoms with van der Waals surface area (Å²) in [5.41, 5.74) is 5.11. The first-order valence-corrected chi connectivity index (χ1v) is 11.2. The van der Waals surface area contributed by atoms with Crippen molar-refractivity contribution in [3.63, 3.8) is 0 Å². The summed E-state index contributed by atoms with van der Waals surface area (Å²) in [5.74, 6) is 0.471. The molecule has 2 aliphatic rings. The van der Waals surface area contributed by atoms with Crippen molar-refractivity contribution in [3.8, 4) is 0 Å². The Balaban J connectivity index is 1.72. The summed E-state index contributed by atoms with van der Waals surface area (Å²) in [6.07, 6.45) is 8.05. The number of benzene rings is 1. The van der Waals surface area contributed by atoms with Crippen LogP contribution >= 0.6 is 0 Å². The molecule has 1 aromatic carbocycles. The Morgan fingerprint density at radius 2 is 1.67 bits per heavy atom. The van der Waals surface area contributed by atoms with Crippen LogP contribution in [-0.4, -0.2) is 16.9 Å². The van der Waals surface area contributed by atoms with Gasteiger partial charge < -0.3 is 10.3 Å². The van der Waals surface area contributed by atoms with Gasteiger partial charge in [0.2, 0.25) is 5.91 Å². The van der Waals surface area contributed by atoms with Gasteiger partial charge in [-0.25, -0.2) is 0 Å². The standard InChI is InChI=1S/C26H32N2O2/c1-26(2,3)19-10-8-18(9-11-19)22(16-20-12-15-24(29)27-20)23-14-13-21(25(30)28-23)17-6-4-5-7-17/h8-11,13-14,16-17,20H,4-7,12,15H2,1-3H3,(H,27,29)(H,28,30)/b22-16+/t20-/m1/s1. The molecule has 4 heteroatoms. The minimum atomic E-state index is -0.00666. The Bertz CT molecular complexity index is 1000. The third-order valence-corrected chi connectivity index (χ3v) is 6.48. The quantitative estimate of drug-likeness (QED) is 0.750. The van der Waals surface area contributed by atoms with Crippen molar-refractivity contribution in [3.05, 3.63) is 75.2 Å². The molecule has 1 aliphatic heterocycles. The summed E-state index contributed by atoms with van der Waals surface area (Å²) in [7, 11) is 0. The number of rotatable bonds is 4. The lowest BCUT2D eigenvalue weighted by atomic mass is 9.86. The number of H-pyrrole nitrogens is 1. The van der Waals surface area contributed by atoms with Crippen LogP contribution in [0.5, 0.6) is 0 Å². The number of hydrogen-bond acceptors (Lipinski definition) is 2. The molecule has 1 amide bonds. The molecule has 2 heterocycles. The molecule has 1 atom stereocenters. The Morgan fingerprint density at radius 1 is 0.967 bits per heavy atom. The van der Waals surface area contributed by atoms with E-state index in [9.17, 15) is 9.59 Å². The van der Waals surface area contributed by atoms with Crippen LogP contribution in [0.2, 0.25) is 0 Å². The molecule has 0 bridgehead atoms. The Morgan fingerprint density at radius 3 is 2.23 bits per heavy atom. The molecule has 1 aromatic heterocycles. The summed E-state index contributed by atoms with van der Waals surface area (Å²) < 4.78 is 0. The highest BCUT2D eigenvalue weighted by Crippen LogP contribution is 2.33. The first-order chi connectivity index (χ1) is 14.3. The average molecular weight is 405 g/mol. The fourth-order valence-corrected chi connectivity index (χ4v) is 4.66. The molecule has 2 N–H and O–H groups in total. The molecule has 4 nitrogen and oxygen atoms in total. The molecule has 0 unspecified atom stereocenters. The lowest BCUT2D eigenvalue weighted by Gasteiger charge is -2.20. The van der Waals surface area contributed by atoms with Crippen LogP contribution in [0.3, 0.4) is 0 Å². The lowest BCUT2D eigenvalue weighted by molar-refractivity contribution is -0.119. The maximum absolute atomic E-state index is 12.9. The number of hydrogen-bond donors (Lipinski definition) is 2. The van der Waals surface area contributed by atoms with Crippen molar-refractivity contribution in [1.29, 1.82) is 0 Å². The van der Waals surface area contributed by atoms with E-state index < -0.39 is 0 Å². The van der Waals surface area contributed by atoms with Gasteiger partial charge in [-0.1, -0.05) is 70.0 Å². The van der Waals surface area contributed by atoms with E-state index in [1.165, 1.54) is 18.4 Å². The molecular weight excluding hydrogens is 372 g/mol. The molecule has 0 spiro atoms. The third kappa shape index (κ3) is 4.43. The number of carbonyl (C=O) groups excluding carboxylic acids is 1. The number of aromatic amines is 1. The molecule has 1 saturated heterocycles. The second kappa shape index (κ2) is 8.25. The van der Waals surface area contributed by atoms with Gasteiger partial charge in [-0.05, 0) is 47.8 Å². The van der Waals surface area contributed by atoms with Gasteiger partial charge in [0.15, 0.2) is 0 Å². The fourth-order valence-electron chi connectivity index (χ4n) is 4.66. The third-order valence-electron chi connectivity index (χ3n) is 6.48. The summed E-state index contributed by atoms with van der Waals surface area (Å²) >= 11 is 0. The van der Waals surface area contributed by atoms with Crippen molar-refractivity contribution in [1.82, 2.24) is 10.3 Å². The second-order valence-electron chi connectivity index (χ2n) is 9.76. The van der Waals surface area contributed by atoms with Crippen LogP contribution in [0.4, 0.5) is 0 Å². The van der Waals surface area contributed by atoms with Crippen molar-refractivity contribution in [2.45, 2.75) is 76.7 Å². The van der Waals surface area contributed by atoms with E-state index in [0.717, 1.165) is 41.7 Å². The van der Waals surface area contributed by atoms with Gasteiger partial charge in [0.25, 0.3) is 5.56 Å². The van der Waals surface area contributed by atoms with E-state index in [2.05, 4.69) is 61.4 Å². The topological polar surface area (TPSA) is 62.0 Å². The summed E-state index contributed by atoms with van der Waals surface area (Å²) in [5, 5.41) is 3.02. The molecular formula is C26H32N2O2. The predicted octanol–water partition coefficient (Wildman–Crippen LogP) is 5.04. The predicted molar refractivity (Wildman–Crippen MR) is 122 cm³/mol. The molecule has 4 rings (SSSR count). The molecule has 1 aliphatic carbocycles. The van der Waals surface area contributed by atoms with E-state index in [4.69, 9.17) is 0 Å². The second-order valence-corrected chi connectivity index (χ2v) is 9.76. The maximum atomic E-state index is 12.9. The smallest absolute Gasteiger partial charge is 0.251 e. The van der Waals surface area contributed by atoms with E-state index in [0.29, 0.717) is 12.3 Å². The number of carbonyl (C=O) groups is 1. The minimum absolute atomic E-state index is 0.00666. The summed E-state index contributed by atoms with van der Waals surface area (Å²) in [4.78, 5) is 27.7. The first kappa shape index (κ1) is 20.6. The van der Waals surface area contributed by atoms with Crippen molar-refractivity contribution < 1.29 is 4.79 Å². The Labute approximate surface area is 178 Å². The van der Waals surface area contributed by atoms with Gasteiger partial charge in [0.1, 0.15) is 0 Å². The molecule has 158 valence electrons. The number of aromatic nitrogens is 1. The van der Waals surface area contributed by atoms with Crippen LogP contribution in [0.15, 0.2) is 47.3 Å². The monoisotopic (exact) mass is 404 g/mol. The Kier molecular flexibility index (Phi) is 5.68. The lowest BCUT2D eigenvalue weighted by Crippen LogP contribution is -2.24. The van der Waals surface area contributed by atoms with E-state index >= 15 is 0 Å². The number of amides is 1. The van der Waals surface area contributed by atoms with Gasteiger partial charge in [-0.3, -0.25) is 9.59 Å². The summed E-state index contributed by atoms with van der Waals surface area (Å²) in [6.45, 7) is 6.60. The zero-order valence-corrected chi connectivity index (χ0v) is 18.3. The van der Waals surface area contributed by atoms with Gasteiger partial charge >= 0.3 is 0 Å². The zero-order chi connectivity index (χ0) is 21.3. The van der Waals surface area contributed by atoms with Crippen LogP contribution in [-0.2, 0) is 10.2 Å². The molecule has 2 aromatic rings. The molecule has 2 fully saturated rings. The van der Waals surface area contributed by atoms with E-state index in [-0.39, 0.29) is 22.9 Å². The van der Waals surface area contributed by atoms with Crippen LogP contribution in [0, 0.1) is 0 Å². The minimum Gasteiger partial charge on any atom is -0.350 e. The largest absolute Gasteiger partial charge is 0.350 e. The first-order valence-electron chi connectivity index (χ1n) is 11.2. The summed E-state index contributed by atoms with van der Waals surface area (Å²) in [6, 6.07) is 12.6. The highest BCUT2D eigenvalue weighted by molar-refractivity contribution is 5.82.